The van der Waals surface area contributed by atoms with Crippen LogP contribution in [0.5, 0.6) is 0 Å². The molecule has 5 heteroatoms. The van der Waals surface area contributed by atoms with E-state index < -0.39 is 0 Å². The van der Waals surface area contributed by atoms with Gasteiger partial charge in [0, 0.05) is 0 Å². The van der Waals surface area contributed by atoms with Crippen LogP contribution in [0, 0.1) is 5.92 Å². The molecule has 0 saturated heterocycles. The number of hydrogen-bond donors (Lipinski definition) is 1. The number of rotatable bonds is 4. The Bertz CT molecular complexity index is 476. The van der Waals surface area contributed by atoms with E-state index in [0.717, 1.165) is 55.1 Å². The third kappa shape index (κ3) is 3.04. The van der Waals surface area contributed by atoms with Gasteiger partial charge in [0.05, 0.1) is 18.3 Å². The van der Waals surface area contributed by atoms with Gasteiger partial charge >= 0.3 is 5.97 Å². The van der Waals surface area contributed by atoms with Crippen molar-refractivity contribution in [3.05, 3.63) is 15.6 Å². The maximum absolute atomic E-state index is 11.9. The normalized spacial score (nSPS) is 26.5. The van der Waals surface area contributed by atoms with E-state index in [-0.39, 0.29) is 11.5 Å². The second-order valence-corrected chi connectivity index (χ2v) is 6.87. The maximum Gasteiger partial charge on any atom is 0.349 e. The topological polar surface area (TPSA) is 65.2 Å². The minimum atomic E-state index is -0.355. The van der Waals surface area contributed by atoms with Gasteiger partial charge in [-0.1, -0.05) is 20.3 Å². The van der Waals surface area contributed by atoms with Gasteiger partial charge in [-0.2, -0.15) is 0 Å². The molecule has 0 bridgehead atoms. The van der Waals surface area contributed by atoms with Crippen LogP contribution in [0.3, 0.4) is 0 Å². The van der Waals surface area contributed by atoms with E-state index in [9.17, 15) is 4.79 Å². The zero-order valence-corrected chi connectivity index (χ0v) is 13.4. The van der Waals surface area contributed by atoms with Crippen molar-refractivity contribution >= 4 is 17.3 Å². The molecule has 0 spiro atoms. The molecular weight excluding hydrogens is 272 g/mol. The summed E-state index contributed by atoms with van der Waals surface area (Å²) >= 11 is 1.43. The minimum absolute atomic E-state index is 0.287. The number of ether oxygens (including phenoxy) is 1. The van der Waals surface area contributed by atoms with Crippen LogP contribution in [0.2, 0.25) is 0 Å². The van der Waals surface area contributed by atoms with E-state index in [1.165, 1.54) is 18.4 Å². The Morgan fingerprint density at radius 2 is 2.15 bits per heavy atom. The van der Waals surface area contributed by atoms with Crippen molar-refractivity contribution in [2.24, 2.45) is 11.7 Å². The predicted octanol–water partition coefficient (Wildman–Crippen LogP) is 3.25. The molecule has 2 N–H and O–H groups in total. The molecule has 0 atom stereocenters. The van der Waals surface area contributed by atoms with Crippen LogP contribution in [0.1, 0.15) is 66.3 Å². The van der Waals surface area contributed by atoms with Crippen molar-refractivity contribution in [1.29, 1.82) is 0 Å². The molecule has 20 heavy (non-hydrogen) atoms. The summed E-state index contributed by atoms with van der Waals surface area (Å²) in [6, 6.07) is 0. The molecule has 1 aromatic heterocycles. The number of methoxy groups -OCH3 is 1. The second kappa shape index (κ2) is 6.22. The summed E-state index contributed by atoms with van der Waals surface area (Å²) in [5.74, 6) is 0.451. The highest BCUT2D eigenvalue weighted by Crippen LogP contribution is 2.40. The summed E-state index contributed by atoms with van der Waals surface area (Å²) in [5, 5.41) is 0.910. The number of carbonyl (C=O) groups is 1. The van der Waals surface area contributed by atoms with Crippen molar-refractivity contribution in [3.8, 4) is 0 Å². The van der Waals surface area contributed by atoms with Gasteiger partial charge in [-0.05, 0) is 38.0 Å². The molecule has 1 aromatic rings. The lowest BCUT2D eigenvalue weighted by molar-refractivity contribution is 0.0605. The van der Waals surface area contributed by atoms with Gasteiger partial charge in [0.25, 0.3) is 0 Å². The minimum Gasteiger partial charge on any atom is -0.465 e. The number of nitrogens with two attached hydrogens (primary N) is 1. The molecule has 0 aliphatic heterocycles. The fraction of sp³-hybridized carbons (Fsp3) is 0.733. The number of thiazole rings is 1. The molecule has 0 amide bonds. The zero-order valence-electron chi connectivity index (χ0n) is 12.6. The van der Waals surface area contributed by atoms with E-state index in [2.05, 4.69) is 18.8 Å². The Morgan fingerprint density at radius 3 is 2.70 bits per heavy atom. The van der Waals surface area contributed by atoms with Crippen LogP contribution < -0.4 is 5.73 Å². The molecule has 1 aliphatic rings. The molecule has 1 heterocycles. The molecule has 1 fully saturated rings. The van der Waals surface area contributed by atoms with Gasteiger partial charge in [-0.15, -0.1) is 11.3 Å². The lowest BCUT2D eigenvalue weighted by atomic mass is 9.78. The lowest BCUT2D eigenvalue weighted by Gasteiger charge is -2.34. The summed E-state index contributed by atoms with van der Waals surface area (Å²) in [5.41, 5.74) is 7.05. The van der Waals surface area contributed by atoms with Gasteiger partial charge < -0.3 is 10.5 Å². The summed E-state index contributed by atoms with van der Waals surface area (Å²) < 4.78 is 4.86. The van der Waals surface area contributed by atoms with Crippen LogP contribution in [0.25, 0.3) is 0 Å². The van der Waals surface area contributed by atoms with Crippen molar-refractivity contribution in [1.82, 2.24) is 4.98 Å². The highest BCUT2D eigenvalue weighted by molar-refractivity contribution is 7.13. The number of aromatic nitrogens is 1. The molecule has 4 nitrogen and oxygen atoms in total. The lowest BCUT2D eigenvalue weighted by Crippen LogP contribution is -2.40. The van der Waals surface area contributed by atoms with Crippen molar-refractivity contribution in [2.45, 2.75) is 57.9 Å². The van der Waals surface area contributed by atoms with E-state index in [1.807, 2.05) is 0 Å². The second-order valence-electron chi connectivity index (χ2n) is 5.88. The van der Waals surface area contributed by atoms with Gasteiger partial charge in [-0.3, -0.25) is 0 Å². The Labute approximate surface area is 124 Å². The first-order valence-corrected chi connectivity index (χ1v) is 8.19. The number of nitrogens with zero attached hydrogens (tertiary/aromatic N) is 1. The van der Waals surface area contributed by atoms with E-state index in [4.69, 9.17) is 10.5 Å². The highest BCUT2D eigenvalue weighted by atomic mass is 32.1. The smallest absolute Gasteiger partial charge is 0.349 e. The van der Waals surface area contributed by atoms with Crippen molar-refractivity contribution in [2.75, 3.05) is 7.11 Å². The number of hydrogen-bond acceptors (Lipinski definition) is 5. The van der Waals surface area contributed by atoms with Crippen LogP contribution in [-0.2, 0) is 16.7 Å². The van der Waals surface area contributed by atoms with Crippen LogP contribution in [0.4, 0.5) is 0 Å². The number of esters is 1. The molecule has 0 aromatic carbocycles. The first-order chi connectivity index (χ1) is 9.50. The largest absolute Gasteiger partial charge is 0.465 e. The quantitative estimate of drug-likeness (QED) is 0.866. The molecule has 2 rings (SSSR count). The molecular formula is C15H24N2O2S. The summed E-state index contributed by atoms with van der Waals surface area (Å²) in [6.45, 7) is 4.35. The predicted molar refractivity (Wildman–Crippen MR) is 80.9 cm³/mol. The molecule has 112 valence electrons. The molecule has 0 unspecified atom stereocenters. The summed E-state index contributed by atoms with van der Waals surface area (Å²) in [7, 11) is 1.41. The fourth-order valence-electron chi connectivity index (χ4n) is 2.71. The third-order valence-corrected chi connectivity index (χ3v) is 5.44. The molecule has 1 saturated carbocycles. The van der Waals surface area contributed by atoms with Gasteiger partial charge in [-0.25, -0.2) is 9.78 Å². The van der Waals surface area contributed by atoms with Crippen molar-refractivity contribution in [3.63, 3.8) is 0 Å². The van der Waals surface area contributed by atoms with Crippen molar-refractivity contribution < 1.29 is 9.53 Å². The Hall–Kier alpha value is -0.940. The maximum atomic E-state index is 11.9. The molecule has 1 aliphatic carbocycles. The Balaban J connectivity index is 2.30. The Morgan fingerprint density at radius 1 is 1.50 bits per heavy atom. The number of carbonyl (C=O) groups excluding carboxylic acids is 1. The first kappa shape index (κ1) is 15.4. The van der Waals surface area contributed by atoms with Crippen LogP contribution >= 0.6 is 11.3 Å². The number of aryl methyl sites for hydroxylation is 1. The standard InChI is InChI=1S/C15H24N2O2S/c1-4-5-11-12(13(18)19-3)20-14(17-11)15(16)8-6-10(2)7-9-15/h10H,4-9,16H2,1-3H3. The van der Waals surface area contributed by atoms with Crippen LogP contribution in [-0.4, -0.2) is 18.1 Å². The van der Waals surface area contributed by atoms with Gasteiger partial charge in [0.1, 0.15) is 9.88 Å². The van der Waals surface area contributed by atoms with E-state index in [0.29, 0.717) is 4.88 Å². The fourth-order valence-corrected chi connectivity index (χ4v) is 3.90. The van der Waals surface area contributed by atoms with Gasteiger partial charge in [0.2, 0.25) is 0 Å². The van der Waals surface area contributed by atoms with Gasteiger partial charge in [0.15, 0.2) is 0 Å². The first-order valence-electron chi connectivity index (χ1n) is 7.37. The van der Waals surface area contributed by atoms with Crippen LogP contribution in [0.15, 0.2) is 0 Å². The average Bonchev–Trinajstić information content (AvgIpc) is 2.87. The SMILES string of the molecule is CCCc1nc(C2(N)CCC(C)CC2)sc1C(=O)OC. The monoisotopic (exact) mass is 296 g/mol. The highest BCUT2D eigenvalue weighted by Gasteiger charge is 2.36. The summed E-state index contributed by atoms with van der Waals surface area (Å²) in [4.78, 5) is 17.2. The summed E-state index contributed by atoms with van der Waals surface area (Å²) in [6.07, 6.45) is 5.93. The van der Waals surface area contributed by atoms with E-state index >= 15 is 0 Å². The zero-order chi connectivity index (χ0) is 14.8. The third-order valence-electron chi connectivity index (χ3n) is 4.15. The molecule has 0 radical (unpaired) electrons. The Kier molecular flexibility index (Phi) is 4.81. The van der Waals surface area contributed by atoms with E-state index in [1.54, 1.807) is 0 Å². The average molecular weight is 296 g/mol.